The van der Waals surface area contributed by atoms with Gasteiger partial charge < -0.3 is 10.4 Å². The molecule has 0 amide bonds. The third-order valence-electron chi connectivity index (χ3n) is 1.96. The summed E-state index contributed by atoms with van der Waals surface area (Å²) < 4.78 is 0. The molecule has 1 aliphatic carbocycles. The normalized spacial score (nSPS) is 18.2. The van der Waals surface area contributed by atoms with Crippen molar-refractivity contribution >= 4 is 5.97 Å². The van der Waals surface area contributed by atoms with Gasteiger partial charge in [-0.15, -0.1) is 0 Å². The van der Waals surface area contributed by atoms with Gasteiger partial charge in [0.1, 0.15) is 6.04 Å². The molecule has 1 saturated carbocycles. The van der Waals surface area contributed by atoms with E-state index in [1.165, 1.54) is 0 Å². The number of carboxylic acid groups (broad SMARTS) is 1. The topological polar surface area (TPSA) is 73.1 Å². The highest BCUT2D eigenvalue weighted by atomic mass is 16.4. The number of nitrogens with one attached hydrogen (secondary N) is 1. The quantitative estimate of drug-likeness (QED) is 0.581. The Balaban J connectivity index is 2.24. The molecule has 0 bridgehead atoms. The summed E-state index contributed by atoms with van der Waals surface area (Å²) in [6.07, 6.45) is 2.36. The Hall–Kier alpha value is -1.08. The molecule has 0 aromatic rings. The number of rotatable bonds is 5. The van der Waals surface area contributed by atoms with Crippen LogP contribution in [-0.2, 0) is 4.79 Å². The number of hydrogen-bond donors (Lipinski definition) is 2. The molecule has 0 heterocycles. The summed E-state index contributed by atoms with van der Waals surface area (Å²) in [5.41, 5.74) is 0. The van der Waals surface area contributed by atoms with E-state index in [-0.39, 0.29) is 0 Å². The number of nitriles is 1. The first-order chi connectivity index (χ1) is 5.75. The average molecular weight is 168 g/mol. The maximum Gasteiger partial charge on any atom is 0.320 e. The van der Waals surface area contributed by atoms with Crippen LogP contribution in [0.3, 0.4) is 0 Å². The highest BCUT2D eigenvalue weighted by molar-refractivity contribution is 5.74. The molecule has 0 radical (unpaired) electrons. The Kier molecular flexibility index (Phi) is 3.06. The van der Waals surface area contributed by atoms with Crippen molar-refractivity contribution in [3.05, 3.63) is 0 Å². The van der Waals surface area contributed by atoms with Crippen LogP contribution in [0.15, 0.2) is 0 Å². The van der Waals surface area contributed by atoms with Crippen molar-refractivity contribution in [3.63, 3.8) is 0 Å². The lowest BCUT2D eigenvalue weighted by Crippen LogP contribution is -2.38. The van der Waals surface area contributed by atoms with Crippen LogP contribution >= 0.6 is 0 Å². The van der Waals surface area contributed by atoms with Crippen LogP contribution in [0.4, 0.5) is 0 Å². The van der Waals surface area contributed by atoms with Crippen LogP contribution in [0.2, 0.25) is 0 Å². The van der Waals surface area contributed by atoms with Crippen molar-refractivity contribution in [2.75, 3.05) is 6.54 Å². The Morgan fingerprint density at radius 2 is 2.42 bits per heavy atom. The highest BCUT2D eigenvalue weighted by Crippen LogP contribution is 2.32. The van der Waals surface area contributed by atoms with Crippen LogP contribution < -0.4 is 5.32 Å². The molecule has 1 aliphatic rings. The van der Waals surface area contributed by atoms with Gasteiger partial charge in [-0.2, -0.15) is 5.26 Å². The molecular formula is C8H12N2O2. The lowest BCUT2D eigenvalue weighted by molar-refractivity contribution is -0.140. The van der Waals surface area contributed by atoms with E-state index in [9.17, 15) is 4.79 Å². The van der Waals surface area contributed by atoms with Gasteiger partial charge >= 0.3 is 5.97 Å². The van der Waals surface area contributed by atoms with E-state index in [1.807, 2.05) is 6.07 Å². The summed E-state index contributed by atoms with van der Waals surface area (Å²) in [5.74, 6) is -0.503. The second kappa shape index (κ2) is 4.07. The molecule has 0 aromatic heterocycles. The van der Waals surface area contributed by atoms with E-state index in [4.69, 9.17) is 10.4 Å². The van der Waals surface area contributed by atoms with Crippen LogP contribution in [0.5, 0.6) is 0 Å². The van der Waals surface area contributed by atoms with Gasteiger partial charge in [0.15, 0.2) is 0 Å². The number of carboxylic acids is 1. The summed E-state index contributed by atoms with van der Waals surface area (Å²) in [5, 5.41) is 19.8. The van der Waals surface area contributed by atoms with Crippen molar-refractivity contribution < 1.29 is 9.90 Å². The first-order valence-electron chi connectivity index (χ1n) is 4.09. The predicted molar refractivity (Wildman–Crippen MR) is 42.4 cm³/mol. The van der Waals surface area contributed by atoms with Gasteiger partial charge in [-0.05, 0) is 18.8 Å². The maximum absolute atomic E-state index is 10.6. The molecule has 1 fully saturated rings. The van der Waals surface area contributed by atoms with E-state index in [0.29, 0.717) is 18.9 Å². The first kappa shape index (κ1) is 9.01. The van der Waals surface area contributed by atoms with Gasteiger partial charge in [-0.3, -0.25) is 4.79 Å². The Morgan fingerprint density at radius 3 is 2.83 bits per heavy atom. The van der Waals surface area contributed by atoms with Gasteiger partial charge in [0.05, 0.1) is 6.07 Å². The van der Waals surface area contributed by atoms with Crippen LogP contribution in [0, 0.1) is 17.2 Å². The SMILES string of the molecule is N#CCCNC(C(=O)O)C1CC1. The van der Waals surface area contributed by atoms with E-state index < -0.39 is 12.0 Å². The van der Waals surface area contributed by atoms with Crippen LogP contribution in [-0.4, -0.2) is 23.7 Å². The summed E-state index contributed by atoms with van der Waals surface area (Å²) >= 11 is 0. The molecule has 0 saturated heterocycles. The first-order valence-corrected chi connectivity index (χ1v) is 4.09. The molecular weight excluding hydrogens is 156 g/mol. The molecule has 1 atom stereocenters. The van der Waals surface area contributed by atoms with Crippen molar-refractivity contribution in [2.45, 2.75) is 25.3 Å². The lowest BCUT2D eigenvalue weighted by atomic mass is 10.2. The molecule has 0 spiro atoms. The van der Waals surface area contributed by atoms with Crippen molar-refractivity contribution in [2.24, 2.45) is 5.92 Å². The number of hydrogen-bond acceptors (Lipinski definition) is 3. The second-order valence-corrected chi connectivity index (χ2v) is 3.02. The van der Waals surface area contributed by atoms with E-state index in [1.54, 1.807) is 0 Å². The minimum absolute atomic E-state index is 0.293. The molecule has 12 heavy (non-hydrogen) atoms. The van der Waals surface area contributed by atoms with Crippen LogP contribution in [0.25, 0.3) is 0 Å². The summed E-state index contributed by atoms with van der Waals surface area (Å²) in [7, 11) is 0. The van der Waals surface area contributed by atoms with E-state index in [2.05, 4.69) is 5.32 Å². The van der Waals surface area contributed by atoms with Gasteiger partial charge in [-0.25, -0.2) is 0 Å². The zero-order valence-electron chi connectivity index (χ0n) is 6.79. The number of carbonyl (C=O) groups is 1. The fourth-order valence-corrected chi connectivity index (χ4v) is 1.17. The lowest BCUT2D eigenvalue weighted by Gasteiger charge is -2.11. The molecule has 1 unspecified atom stereocenters. The van der Waals surface area contributed by atoms with Gasteiger partial charge in [-0.1, -0.05) is 0 Å². The molecule has 1 rings (SSSR count). The monoisotopic (exact) mass is 168 g/mol. The average Bonchev–Trinajstić information content (AvgIpc) is 2.80. The maximum atomic E-state index is 10.6. The second-order valence-electron chi connectivity index (χ2n) is 3.02. The standard InChI is InChI=1S/C8H12N2O2/c9-4-1-5-10-7(8(11)12)6-2-3-6/h6-7,10H,1-3,5H2,(H,11,12). The summed E-state index contributed by atoms with van der Waals surface area (Å²) in [4.78, 5) is 10.6. The number of aliphatic carboxylic acids is 1. The smallest absolute Gasteiger partial charge is 0.320 e. The molecule has 0 aromatic carbocycles. The summed E-state index contributed by atoms with van der Waals surface area (Å²) in [6, 6.07) is 1.53. The minimum Gasteiger partial charge on any atom is -0.480 e. The molecule has 0 aliphatic heterocycles. The van der Waals surface area contributed by atoms with Crippen LogP contribution in [0.1, 0.15) is 19.3 Å². The molecule has 2 N–H and O–H groups in total. The van der Waals surface area contributed by atoms with E-state index in [0.717, 1.165) is 12.8 Å². The molecule has 4 heteroatoms. The zero-order chi connectivity index (χ0) is 8.97. The number of nitrogens with zero attached hydrogens (tertiary/aromatic N) is 1. The van der Waals surface area contributed by atoms with Gasteiger partial charge in [0, 0.05) is 13.0 Å². The van der Waals surface area contributed by atoms with Gasteiger partial charge in [0.2, 0.25) is 0 Å². The third kappa shape index (κ3) is 2.51. The summed E-state index contributed by atoms with van der Waals surface area (Å²) in [6.45, 7) is 0.476. The van der Waals surface area contributed by atoms with Crippen molar-refractivity contribution in [1.82, 2.24) is 5.32 Å². The fraction of sp³-hybridized carbons (Fsp3) is 0.750. The Labute approximate surface area is 71.2 Å². The Bertz CT molecular complexity index is 206. The Morgan fingerprint density at radius 1 is 1.75 bits per heavy atom. The van der Waals surface area contributed by atoms with Crippen molar-refractivity contribution in [1.29, 1.82) is 5.26 Å². The minimum atomic E-state index is -0.796. The zero-order valence-corrected chi connectivity index (χ0v) is 6.79. The predicted octanol–water partition coefficient (Wildman–Crippen LogP) is 0.353. The van der Waals surface area contributed by atoms with Crippen molar-refractivity contribution in [3.8, 4) is 6.07 Å². The highest BCUT2D eigenvalue weighted by Gasteiger charge is 2.35. The third-order valence-corrected chi connectivity index (χ3v) is 1.96. The van der Waals surface area contributed by atoms with Gasteiger partial charge in [0.25, 0.3) is 0 Å². The molecule has 4 nitrogen and oxygen atoms in total. The molecule has 66 valence electrons. The van der Waals surface area contributed by atoms with E-state index >= 15 is 0 Å². The largest absolute Gasteiger partial charge is 0.480 e. The fourth-order valence-electron chi connectivity index (χ4n) is 1.17.